The lowest BCUT2D eigenvalue weighted by molar-refractivity contribution is 0.561. The molecular formula is C23H26Cl2N4. The molecule has 3 aromatic rings. The van der Waals surface area contributed by atoms with Crippen LogP contribution in [0.3, 0.4) is 0 Å². The number of hydrogen-bond donors (Lipinski definition) is 0. The van der Waals surface area contributed by atoms with Crippen molar-refractivity contribution in [1.82, 2.24) is 14.8 Å². The van der Waals surface area contributed by atoms with Crippen LogP contribution in [0.25, 0.3) is 0 Å². The van der Waals surface area contributed by atoms with Gasteiger partial charge in [0, 0.05) is 11.6 Å². The molecule has 1 heterocycles. The van der Waals surface area contributed by atoms with Gasteiger partial charge in [0.05, 0.1) is 16.8 Å². The third-order valence-corrected chi connectivity index (χ3v) is 5.95. The molecule has 0 radical (unpaired) electrons. The van der Waals surface area contributed by atoms with Crippen molar-refractivity contribution in [1.29, 1.82) is 0 Å². The summed E-state index contributed by atoms with van der Waals surface area (Å²) in [5.74, 6) is 2.33. The molecule has 2 aromatic carbocycles. The van der Waals surface area contributed by atoms with Gasteiger partial charge in [-0.05, 0) is 49.4 Å². The third kappa shape index (κ3) is 4.59. The van der Waals surface area contributed by atoms with Crippen LogP contribution >= 0.6 is 23.2 Å². The Balaban J connectivity index is 1.84. The Morgan fingerprint density at radius 2 is 1.90 bits per heavy atom. The van der Waals surface area contributed by atoms with Gasteiger partial charge in [-0.25, -0.2) is 4.68 Å². The molecule has 0 N–H and O–H groups in total. The average molecular weight is 429 g/mol. The average Bonchev–Trinajstić information content (AvgIpc) is 3.46. The van der Waals surface area contributed by atoms with Crippen molar-refractivity contribution in [2.24, 2.45) is 5.92 Å². The Hall–Kier alpha value is -2.04. The van der Waals surface area contributed by atoms with E-state index in [2.05, 4.69) is 42.2 Å². The first kappa shape index (κ1) is 20.2. The maximum Gasteiger partial charge on any atom is 0.250 e. The van der Waals surface area contributed by atoms with Crippen molar-refractivity contribution in [3.8, 4) is 0 Å². The number of rotatable bonds is 8. The molecule has 4 nitrogen and oxygen atoms in total. The molecule has 0 aliphatic heterocycles. The highest BCUT2D eigenvalue weighted by Crippen LogP contribution is 2.45. The monoisotopic (exact) mass is 428 g/mol. The first-order chi connectivity index (χ1) is 14.1. The van der Waals surface area contributed by atoms with Crippen LogP contribution in [-0.4, -0.2) is 14.8 Å². The minimum Gasteiger partial charge on any atom is -0.300 e. The Morgan fingerprint density at radius 3 is 2.55 bits per heavy atom. The second-order valence-corrected chi connectivity index (χ2v) is 8.60. The Bertz CT molecular complexity index is 966. The fourth-order valence-electron chi connectivity index (χ4n) is 3.76. The maximum atomic E-state index is 6.68. The minimum atomic E-state index is 0.110. The van der Waals surface area contributed by atoms with E-state index < -0.39 is 0 Å². The third-order valence-electron chi connectivity index (χ3n) is 5.42. The number of aryl methyl sites for hydroxylation is 2. The zero-order chi connectivity index (χ0) is 20.4. The molecule has 1 saturated carbocycles. The van der Waals surface area contributed by atoms with Crippen molar-refractivity contribution in [2.45, 2.75) is 52.1 Å². The second-order valence-electron chi connectivity index (χ2n) is 7.75. The maximum absolute atomic E-state index is 6.68. The summed E-state index contributed by atoms with van der Waals surface area (Å²) in [7, 11) is 0. The second kappa shape index (κ2) is 8.76. The smallest absolute Gasteiger partial charge is 0.250 e. The Kier molecular flexibility index (Phi) is 6.12. The fourth-order valence-corrected chi connectivity index (χ4v) is 4.26. The highest BCUT2D eigenvalue weighted by Gasteiger charge is 2.33. The molecule has 1 atom stereocenters. The predicted molar refractivity (Wildman–Crippen MR) is 120 cm³/mol. The topological polar surface area (TPSA) is 34.0 Å². The number of anilines is 2. The summed E-state index contributed by atoms with van der Waals surface area (Å²) in [6, 6.07) is 16.3. The Morgan fingerprint density at radius 1 is 1.14 bits per heavy atom. The number of hydrogen-bond acceptors (Lipinski definition) is 3. The molecule has 4 rings (SSSR count). The van der Waals surface area contributed by atoms with Crippen molar-refractivity contribution in [3.63, 3.8) is 0 Å². The molecule has 1 aliphatic carbocycles. The van der Waals surface area contributed by atoms with Crippen LogP contribution in [0.4, 0.5) is 11.6 Å². The molecule has 0 spiro atoms. The first-order valence-corrected chi connectivity index (χ1v) is 11.0. The van der Waals surface area contributed by atoms with Gasteiger partial charge in [0.2, 0.25) is 5.95 Å². The van der Waals surface area contributed by atoms with E-state index in [0.29, 0.717) is 16.0 Å². The van der Waals surface area contributed by atoms with Crippen LogP contribution in [0.15, 0.2) is 48.5 Å². The van der Waals surface area contributed by atoms with Crippen LogP contribution < -0.4 is 4.90 Å². The molecule has 0 amide bonds. The molecular weight excluding hydrogens is 403 g/mol. The van der Waals surface area contributed by atoms with E-state index in [1.807, 2.05) is 23.7 Å². The van der Waals surface area contributed by atoms with Crippen LogP contribution in [0.1, 0.15) is 50.0 Å². The van der Waals surface area contributed by atoms with Gasteiger partial charge in [-0.2, -0.15) is 4.98 Å². The van der Waals surface area contributed by atoms with E-state index in [4.69, 9.17) is 33.3 Å². The standard InChI is InChI=1S/C23H26Cl2N4/c1-3-13-28-16(2)26-23(27-28)29(21-12-11-19(24)15-20(21)25)22(14-17-9-10-17)18-7-5-4-6-8-18/h4-8,11-12,15,17,22H,3,9-10,13-14H2,1-2H3/t22-/m0/s1. The summed E-state index contributed by atoms with van der Waals surface area (Å²) in [6.45, 7) is 5.00. The number of halogens is 2. The first-order valence-electron chi connectivity index (χ1n) is 10.3. The number of nitrogens with zero attached hydrogens (tertiary/aromatic N) is 4. The summed E-state index contributed by atoms with van der Waals surface area (Å²) in [5, 5.41) is 6.09. The zero-order valence-corrected chi connectivity index (χ0v) is 18.4. The van der Waals surface area contributed by atoms with Gasteiger partial charge >= 0.3 is 0 Å². The van der Waals surface area contributed by atoms with Crippen LogP contribution in [0.2, 0.25) is 10.0 Å². The molecule has 0 saturated heterocycles. The van der Waals surface area contributed by atoms with Gasteiger partial charge < -0.3 is 4.90 Å². The summed E-state index contributed by atoms with van der Waals surface area (Å²) >= 11 is 12.9. The highest BCUT2D eigenvalue weighted by molar-refractivity contribution is 6.36. The van der Waals surface area contributed by atoms with E-state index in [1.165, 1.54) is 18.4 Å². The summed E-state index contributed by atoms with van der Waals surface area (Å²) < 4.78 is 1.98. The van der Waals surface area contributed by atoms with Gasteiger partial charge in [0.1, 0.15) is 5.82 Å². The lowest BCUT2D eigenvalue weighted by Gasteiger charge is -2.32. The van der Waals surface area contributed by atoms with E-state index in [-0.39, 0.29) is 6.04 Å². The molecule has 1 fully saturated rings. The summed E-state index contributed by atoms with van der Waals surface area (Å²) in [6.07, 6.45) is 4.62. The molecule has 152 valence electrons. The Labute approximate surface area is 182 Å². The van der Waals surface area contributed by atoms with E-state index in [1.54, 1.807) is 6.07 Å². The number of benzene rings is 2. The van der Waals surface area contributed by atoms with E-state index in [0.717, 1.165) is 36.8 Å². The lowest BCUT2D eigenvalue weighted by Crippen LogP contribution is -2.26. The molecule has 29 heavy (non-hydrogen) atoms. The zero-order valence-electron chi connectivity index (χ0n) is 16.9. The normalized spacial score (nSPS) is 14.8. The molecule has 0 unspecified atom stereocenters. The van der Waals surface area contributed by atoms with Crippen molar-refractivity contribution in [3.05, 3.63) is 70.0 Å². The van der Waals surface area contributed by atoms with Crippen LogP contribution in [0.5, 0.6) is 0 Å². The quantitative estimate of drug-likeness (QED) is 0.387. The van der Waals surface area contributed by atoms with E-state index >= 15 is 0 Å². The van der Waals surface area contributed by atoms with Crippen molar-refractivity contribution >= 4 is 34.8 Å². The number of aromatic nitrogens is 3. The predicted octanol–water partition coefficient (Wildman–Crippen LogP) is 6.98. The van der Waals surface area contributed by atoms with Crippen molar-refractivity contribution < 1.29 is 0 Å². The van der Waals surface area contributed by atoms with Crippen LogP contribution in [0, 0.1) is 12.8 Å². The summed E-state index contributed by atoms with van der Waals surface area (Å²) in [4.78, 5) is 7.03. The van der Waals surface area contributed by atoms with Gasteiger partial charge in [-0.1, -0.05) is 73.3 Å². The fraction of sp³-hybridized carbons (Fsp3) is 0.391. The molecule has 1 aliphatic rings. The molecule has 0 bridgehead atoms. The van der Waals surface area contributed by atoms with Gasteiger partial charge in [-0.3, -0.25) is 0 Å². The highest BCUT2D eigenvalue weighted by atomic mass is 35.5. The minimum absolute atomic E-state index is 0.110. The molecule has 1 aromatic heterocycles. The van der Waals surface area contributed by atoms with Crippen LogP contribution in [-0.2, 0) is 6.54 Å². The van der Waals surface area contributed by atoms with Gasteiger partial charge in [0.25, 0.3) is 0 Å². The van der Waals surface area contributed by atoms with Gasteiger partial charge in [-0.15, -0.1) is 5.10 Å². The lowest BCUT2D eigenvalue weighted by atomic mass is 9.99. The molecule has 6 heteroatoms. The largest absolute Gasteiger partial charge is 0.300 e. The SMILES string of the molecule is CCCn1nc(N(c2ccc(Cl)cc2Cl)[C@@H](CC2CC2)c2ccccc2)nc1C. The van der Waals surface area contributed by atoms with Crippen molar-refractivity contribution in [2.75, 3.05) is 4.90 Å². The van der Waals surface area contributed by atoms with Gasteiger partial charge in [0.15, 0.2) is 0 Å². The van der Waals surface area contributed by atoms with E-state index in [9.17, 15) is 0 Å². The summed E-state index contributed by atoms with van der Waals surface area (Å²) in [5.41, 5.74) is 2.13.